The molecule has 0 radical (unpaired) electrons. The highest BCUT2D eigenvalue weighted by atomic mass is 16.3. The maximum absolute atomic E-state index is 9.08. The van der Waals surface area contributed by atoms with Gasteiger partial charge in [-0.3, -0.25) is 0 Å². The number of hydrogen-bond acceptors (Lipinski definition) is 3. The summed E-state index contributed by atoms with van der Waals surface area (Å²) in [5.74, 6) is 0.616. The number of hydrogen-bond donors (Lipinski definition) is 2. The van der Waals surface area contributed by atoms with E-state index in [0.717, 1.165) is 19.5 Å². The number of benzene rings is 1. The largest absolute Gasteiger partial charge is 0.396 e. The topological polar surface area (TPSA) is 49.5 Å². The van der Waals surface area contributed by atoms with E-state index in [1.807, 2.05) is 6.92 Å². The van der Waals surface area contributed by atoms with Gasteiger partial charge in [-0.25, -0.2) is 0 Å². The summed E-state index contributed by atoms with van der Waals surface area (Å²) in [4.78, 5) is 2.43. The molecule has 3 N–H and O–H groups in total. The molecule has 0 aliphatic carbocycles. The first-order chi connectivity index (χ1) is 8.72. The van der Waals surface area contributed by atoms with E-state index < -0.39 is 0 Å². The SMILES string of the molecule is C[C@H](N)c1ccccc1N1CCCC(CCO)C1. The van der Waals surface area contributed by atoms with Crippen LogP contribution in [0.5, 0.6) is 0 Å². The molecule has 1 saturated heterocycles. The lowest BCUT2D eigenvalue weighted by molar-refractivity contribution is 0.244. The van der Waals surface area contributed by atoms with E-state index in [2.05, 4.69) is 29.2 Å². The summed E-state index contributed by atoms with van der Waals surface area (Å²) in [6.45, 7) is 4.48. The summed E-state index contributed by atoms with van der Waals surface area (Å²) >= 11 is 0. The summed E-state index contributed by atoms with van der Waals surface area (Å²) in [7, 11) is 0. The second kappa shape index (κ2) is 6.21. The average molecular weight is 248 g/mol. The zero-order valence-corrected chi connectivity index (χ0v) is 11.2. The molecule has 1 unspecified atom stereocenters. The maximum atomic E-state index is 9.08. The minimum Gasteiger partial charge on any atom is -0.396 e. The molecule has 2 atom stereocenters. The summed E-state index contributed by atoms with van der Waals surface area (Å²) in [5.41, 5.74) is 8.55. The molecule has 1 fully saturated rings. The molecular weight excluding hydrogens is 224 g/mol. The molecule has 0 spiro atoms. The molecule has 0 amide bonds. The predicted molar refractivity (Wildman–Crippen MR) is 75.7 cm³/mol. The first-order valence-corrected chi connectivity index (χ1v) is 6.92. The minimum absolute atomic E-state index is 0.0689. The van der Waals surface area contributed by atoms with Gasteiger partial charge in [-0.1, -0.05) is 18.2 Å². The van der Waals surface area contributed by atoms with Crippen molar-refractivity contribution in [2.45, 2.75) is 32.2 Å². The van der Waals surface area contributed by atoms with E-state index in [4.69, 9.17) is 10.8 Å². The van der Waals surface area contributed by atoms with Crippen molar-refractivity contribution in [3.8, 4) is 0 Å². The molecule has 1 heterocycles. The number of nitrogens with zero attached hydrogens (tertiary/aromatic N) is 1. The van der Waals surface area contributed by atoms with Gasteiger partial charge in [-0.2, -0.15) is 0 Å². The minimum atomic E-state index is 0.0689. The first kappa shape index (κ1) is 13.4. The lowest BCUT2D eigenvalue weighted by atomic mass is 9.93. The quantitative estimate of drug-likeness (QED) is 0.859. The first-order valence-electron chi connectivity index (χ1n) is 6.92. The van der Waals surface area contributed by atoms with Crippen molar-refractivity contribution in [1.29, 1.82) is 0 Å². The Morgan fingerprint density at radius 1 is 1.44 bits per heavy atom. The average Bonchev–Trinajstić information content (AvgIpc) is 2.39. The number of rotatable bonds is 4. The van der Waals surface area contributed by atoms with E-state index in [9.17, 15) is 0 Å². The predicted octanol–water partition coefficient (Wildman–Crippen LogP) is 2.31. The third-order valence-corrected chi connectivity index (χ3v) is 3.82. The van der Waals surface area contributed by atoms with Crippen LogP contribution in [0.1, 0.15) is 37.8 Å². The maximum Gasteiger partial charge on any atom is 0.0434 e. The highest BCUT2D eigenvalue weighted by molar-refractivity contribution is 5.55. The number of aliphatic hydroxyl groups excluding tert-OH is 1. The monoisotopic (exact) mass is 248 g/mol. The summed E-state index contributed by atoms with van der Waals surface area (Å²) in [6, 6.07) is 8.49. The Bertz CT molecular complexity index is 377. The highest BCUT2D eigenvalue weighted by Gasteiger charge is 2.21. The second-order valence-corrected chi connectivity index (χ2v) is 5.31. The molecule has 0 saturated carbocycles. The van der Waals surface area contributed by atoms with E-state index >= 15 is 0 Å². The zero-order chi connectivity index (χ0) is 13.0. The van der Waals surface area contributed by atoms with Crippen LogP contribution < -0.4 is 10.6 Å². The molecule has 0 bridgehead atoms. The Balaban J connectivity index is 2.15. The normalized spacial score (nSPS) is 21.9. The van der Waals surface area contributed by atoms with E-state index in [1.165, 1.54) is 24.1 Å². The van der Waals surface area contributed by atoms with Gasteiger partial charge in [0.1, 0.15) is 0 Å². The Morgan fingerprint density at radius 2 is 2.22 bits per heavy atom. The van der Waals surface area contributed by atoms with Crippen molar-refractivity contribution in [2.24, 2.45) is 11.7 Å². The van der Waals surface area contributed by atoms with Crippen molar-refractivity contribution in [2.75, 3.05) is 24.6 Å². The van der Waals surface area contributed by atoms with Crippen LogP contribution in [0.15, 0.2) is 24.3 Å². The van der Waals surface area contributed by atoms with Gasteiger partial charge in [0, 0.05) is 31.4 Å². The van der Waals surface area contributed by atoms with Gasteiger partial charge < -0.3 is 15.7 Å². The van der Waals surface area contributed by atoms with Crippen molar-refractivity contribution in [3.05, 3.63) is 29.8 Å². The molecular formula is C15H24N2O. The number of aliphatic hydroxyl groups is 1. The zero-order valence-electron chi connectivity index (χ0n) is 11.2. The Morgan fingerprint density at radius 3 is 2.94 bits per heavy atom. The highest BCUT2D eigenvalue weighted by Crippen LogP contribution is 2.29. The summed E-state index contributed by atoms with van der Waals surface area (Å²) < 4.78 is 0. The Hall–Kier alpha value is -1.06. The van der Waals surface area contributed by atoms with Gasteiger partial charge >= 0.3 is 0 Å². The van der Waals surface area contributed by atoms with Gasteiger partial charge in [0.2, 0.25) is 0 Å². The Kier molecular flexibility index (Phi) is 4.61. The van der Waals surface area contributed by atoms with Crippen LogP contribution in [0.4, 0.5) is 5.69 Å². The lowest BCUT2D eigenvalue weighted by Gasteiger charge is -2.36. The standard InChI is InChI=1S/C15H24N2O/c1-12(16)14-6-2-3-7-15(14)17-9-4-5-13(11-17)8-10-18/h2-3,6-7,12-13,18H,4-5,8-11,16H2,1H3/t12-,13?/m0/s1. The fourth-order valence-electron chi connectivity index (χ4n) is 2.86. The third-order valence-electron chi connectivity index (χ3n) is 3.82. The number of piperidine rings is 1. The van der Waals surface area contributed by atoms with E-state index in [-0.39, 0.29) is 6.04 Å². The summed E-state index contributed by atoms with van der Waals surface area (Å²) in [5, 5.41) is 9.08. The molecule has 1 aromatic carbocycles. The van der Waals surface area contributed by atoms with Crippen molar-refractivity contribution >= 4 is 5.69 Å². The molecule has 1 aromatic rings. The van der Waals surface area contributed by atoms with Crippen LogP contribution in [0.25, 0.3) is 0 Å². The molecule has 3 nitrogen and oxygen atoms in total. The van der Waals surface area contributed by atoms with Crippen LogP contribution in [0.3, 0.4) is 0 Å². The van der Waals surface area contributed by atoms with Crippen molar-refractivity contribution < 1.29 is 5.11 Å². The second-order valence-electron chi connectivity index (χ2n) is 5.31. The number of anilines is 1. The lowest BCUT2D eigenvalue weighted by Crippen LogP contribution is -2.36. The molecule has 100 valence electrons. The summed E-state index contributed by atoms with van der Waals surface area (Å²) in [6.07, 6.45) is 3.35. The molecule has 0 aromatic heterocycles. The van der Waals surface area contributed by atoms with Crippen molar-refractivity contribution in [3.63, 3.8) is 0 Å². The van der Waals surface area contributed by atoms with Gasteiger partial charge in [0.05, 0.1) is 0 Å². The molecule has 3 heteroatoms. The number of nitrogens with two attached hydrogens (primary N) is 1. The molecule has 1 aliphatic rings. The van der Waals surface area contributed by atoms with Crippen molar-refractivity contribution in [1.82, 2.24) is 0 Å². The third kappa shape index (κ3) is 3.03. The fourth-order valence-corrected chi connectivity index (χ4v) is 2.86. The van der Waals surface area contributed by atoms with Crippen LogP contribution in [-0.2, 0) is 0 Å². The molecule has 18 heavy (non-hydrogen) atoms. The van der Waals surface area contributed by atoms with Gasteiger partial charge in [-0.15, -0.1) is 0 Å². The smallest absolute Gasteiger partial charge is 0.0434 e. The van der Waals surface area contributed by atoms with Gasteiger partial charge in [0.15, 0.2) is 0 Å². The number of para-hydroxylation sites is 1. The van der Waals surface area contributed by atoms with E-state index in [0.29, 0.717) is 12.5 Å². The van der Waals surface area contributed by atoms with Crippen LogP contribution in [0.2, 0.25) is 0 Å². The molecule has 1 aliphatic heterocycles. The van der Waals surface area contributed by atoms with Gasteiger partial charge in [0.25, 0.3) is 0 Å². The van der Waals surface area contributed by atoms with Crippen LogP contribution >= 0.6 is 0 Å². The molecule has 2 rings (SSSR count). The Labute approximate surface area is 110 Å². The van der Waals surface area contributed by atoms with Gasteiger partial charge in [-0.05, 0) is 43.7 Å². The van der Waals surface area contributed by atoms with E-state index in [1.54, 1.807) is 0 Å². The van der Waals surface area contributed by atoms with Crippen LogP contribution in [-0.4, -0.2) is 24.8 Å². The van der Waals surface area contributed by atoms with Crippen LogP contribution in [0, 0.1) is 5.92 Å². The fraction of sp³-hybridized carbons (Fsp3) is 0.600.